The second kappa shape index (κ2) is 6.88. The number of piperidine rings is 1. The van der Waals surface area contributed by atoms with Crippen LogP contribution in [0, 0.1) is 6.92 Å². The maximum atomic E-state index is 12.5. The lowest BCUT2D eigenvalue weighted by Gasteiger charge is -2.28. The predicted octanol–water partition coefficient (Wildman–Crippen LogP) is 1.10. The summed E-state index contributed by atoms with van der Waals surface area (Å²) < 4.78 is 1.32. The number of aliphatic hydroxyl groups excluding tert-OH is 1. The van der Waals surface area contributed by atoms with Gasteiger partial charge in [0.05, 0.1) is 17.3 Å². The number of carbonyl (C=O) groups excluding carboxylic acids is 1. The Morgan fingerprint density at radius 2 is 2.38 bits per heavy atom. The van der Waals surface area contributed by atoms with E-state index < -0.39 is 11.7 Å². The lowest BCUT2D eigenvalue weighted by molar-refractivity contribution is -0.117. The van der Waals surface area contributed by atoms with Crippen LogP contribution in [-0.2, 0) is 4.79 Å². The van der Waals surface area contributed by atoms with Crippen LogP contribution in [0.3, 0.4) is 0 Å². The van der Waals surface area contributed by atoms with E-state index in [1.165, 1.54) is 16.8 Å². The molecule has 8 heteroatoms. The van der Waals surface area contributed by atoms with Gasteiger partial charge in [0.2, 0.25) is 5.91 Å². The molecule has 0 aromatic carbocycles. The highest BCUT2D eigenvalue weighted by atomic mass is 35.5. The minimum Gasteiger partial charge on any atom is -0.391 e. The summed E-state index contributed by atoms with van der Waals surface area (Å²) in [6.45, 7) is 2.58. The van der Waals surface area contributed by atoms with Crippen LogP contribution >= 0.6 is 11.6 Å². The van der Waals surface area contributed by atoms with E-state index in [9.17, 15) is 14.7 Å². The zero-order chi connectivity index (χ0) is 17.3. The van der Waals surface area contributed by atoms with Crippen molar-refractivity contribution in [3.8, 4) is 0 Å². The fourth-order valence-electron chi connectivity index (χ4n) is 2.94. The molecule has 1 saturated heterocycles. The number of rotatable bonds is 3. The standard InChI is InChI=1S/C16H19ClN4O3/c1-9-5-10(17)8-21-15(9)19-7-12(16(21)24)20-14(23)6-11-13(22)3-2-4-18-11/h5,7-8,11,13,18,22H,2-4,6H2,1H3,(H,20,23)/t11-,13+/m1/s1. The van der Waals surface area contributed by atoms with Crippen molar-refractivity contribution >= 4 is 28.8 Å². The van der Waals surface area contributed by atoms with Crippen LogP contribution in [0.15, 0.2) is 23.3 Å². The van der Waals surface area contributed by atoms with Crippen LogP contribution < -0.4 is 16.2 Å². The van der Waals surface area contributed by atoms with Gasteiger partial charge in [0.1, 0.15) is 11.3 Å². The minimum atomic E-state index is -0.554. The summed E-state index contributed by atoms with van der Waals surface area (Å²) >= 11 is 5.99. The molecule has 2 aromatic heterocycles. The third-order valence-corrected chi connectivity index (χ3v) is 4.39. The van der Waals surface area contributed by atoms with E-state index in [1.807, 2.05) is 6.92 Å². The lowest BCUT2D eigenvalue weighted by atomic mass is 9.98. The SMILES string of the molecule is Cc1cc(Cl)cn2c(=O)c(NC(=O)C[C@H]3NCCC[C@@H]3O)cnc12. The van der Waals surface area contributed by atoms with Crippen molar-refractivity contribution in [3.05, 3.63) is 39.4 Å². The first kappa shape index (κ1) is 16.9. The minimum absolute atomic E-state index is 0.0875. The number of nitrogens with zero attached hydrogens (tertiary/aromatic N) is 2. The predicted molar refractivity (Wildman–Crippen MR) is 91.5 cm³/mol. The Labute approximate surface area is 143 Å². The zero-order valence-corrected chi connectivity index (χ0v) is 14.0. The monoisotopic (exact) mass is 350 g/mol. The molecule has 3 heterocycles. The van der Waals surface area contributed by atoms with Crippen LogP contribution in [0.4, 0.5) is 5.69 Å². The third-order valence-electron chi connectivity index (χ3n) is 4.18. The third kappa shape index (κ3) is 3.43. The van der Waals surface area contributed by atoms with E-state index in [1.54, 1.807) is 6.07 Å². The van der Waals surface area contributed by atoms with Gasteiger partial charge in [0.25, 0.3) is 5.56 Å². The summed E-state index contributed by atoms with van der Waals surface area (Å²) in [7, 11) is 0. The molecule has 128 valence electrons. The first-order chi connectivity index (χ1) is 11.5. The molecular weight excluding hydrogens is 332 g/mol. The molecule has 24 heavy (non-hydrogen) atoms. The zero-order valence-electron chi connectivity index (χ0n) is 13.3. The maximum absolute atomic E-state index is 12.5. The molecular formula is C16H19ClN4O3. The lowest BCUT2D eigenvalue weighted by Crippen LogP contribution is -2.46. The summed E-state index contributed by atoms with van der Waals surface area (Å²) in [5.74, 6) is -0.342. The molecule has 3 N–H and O–H groups in total. The molecule has 0 bridgehead atoms. The number of amides is 1. The quantitative estimate of drug-likeness (QED) is 0.770. The molecule has 1 amide bonds. The number of fused-ring (bicyclic) bond motifs is 1. The first-order valence-corrected chi connectivity index (χ1v) is 8.22. The maximum Gasteiger partial charge on any atom is 0.281 e. The van der Waals surface area contributed by atoms with Crippen LogP contribution in [0.2, 0.25) is 5.02 Å². The van der Waals surface area contributed by atoms with Crippen LogP contribution in [-0.4, -0.2) is 39.1 Å². The highest BCUT2D eigenvalue weighted by molar-refractivity contribution is 6.30. The Morgan fingerprint density at radius 3 is 3.12 bits per heavy atom. The van der Waals surface area contributed by atoms with Gasteiger partial charge in [-0.25, -0.2) is 4.98 Å². The van der Waals surface area contributed by atoms with Gasteiger partial charge < -0.3 is 15.7 Å². The normalized spacial score (nSPS) is 21.0. The van der Waals surface area contributed by atoms with Gasteiger partial charge in [-0.15, -0.1) is 0 Å². The van der Waals surface area contributed by atoms with Crippen LogP contribution in [0.1, 0.15) is 24.8 Å². The molecule has 0 aliphatic carbocycles. The van der Waals surface area contributed by atoms with Gasteiger partial charge in [0.15, 0.2) is 0 Å². The topological polar surface area (TPSA) is 95.7 Å². The van der Waals surface area contributed by atoms with Crippen molar-refractivity contribution in [1.82, 2.24) is 14.7 Å². The number of aryl methyl sites for hydroxylation is 1. The van der Waals surface area contributed by atoms with Gasteiger partial charge in [-0.2, -0.15) is 0 Å². The van der Waals surface area contributed by atoms with Crippen molar-refractivity contribution < 1.29 is 9.90 Å². The molecule has 0 radical (unpaired) electrons. The van der Waals surface area contributed by atoms with E-state index in [-0.39, 0.29) is 24.1 Å². The Bertz CT molecular complexity index is 836. The second-order valence-corrected chi connectivity index (χ2v) is 6.47. The van der Waals surface area contributed by atoms with Crippen molar-refractivity contribution in [3.63, 3.8) is 0 Å². The molecule has 2 aromatic rings. The average Bonchev–Trinajstić information content (AvgIpc) is 2.53. The molecule has 7 nitrogen and oxygen atoms in total. The summed E-state index contributed by atoms with van der Waals surface area (Å²) in [5, 5.41) is 16.0. The van der Waals surface area contributed by atoms with Crippen LogP contribution in [0.5, 0.6) is 0 Å². The number of halogens is 1. The number of aliphatic hydroxyl groups is 1. The summed E-state index contributed by atoms with van der Waals surface area (Å²) in [6.07, 6.45) is 3.92. The molecule has 0 saturated carbocycles. The van der Waals surface area contributed by atoms with E-state index in [4.69, 9.17) is 11.6 Å². The van der Waals surface area contributed by atoms with Gasteiger partial charge in [0, 0.05) is 18.7 Å². The van der Waals surface area contributed by atoms with Crippen molar-refractivity contribution in [2.24, 2.45) is 0 Å². The van der Waals surface area contributed by atoms with Gasteiger partial charge in [-0.05, 0) is 37.9 Å². The molecule has 0 unspecified atom stereocenters. The summed E-state index contributed by atoms with van der Waals surface area (Å²) in [6, 6.07) is 1.42. The van der Waals surface area contributed by atoms with E-state index in [2.05, 4.69) is 15.6 Å². The molecule has 0 spiro atoms. The fourth-order valence-corrected chi connectivity index (χ4v) is 3.20. The number of nitrogens with one attached hydrogen (secondary N) is 2. The van der Waals surface area contributed by atoms with Gasteiger partial charge in [-0.1, -0.05) is 11.6 Å². The van der Waals surface area contributed by atoms with Crippen molar-refractivity contribution in [1.29, 1.82) is 0 Å². The largest absolute Gasteiger partial charge is 0.391 e. The van der Waals surface area contributed by atoms with E-state index in [0.717, 1.165) is 18.5 Å². The number of carbonyl (C=O) groups is 1. The number of anilines is 1. The molecule has 1 aliphatic heterocycles. The van der Waals surface area contributed by atoms with Crippen molar-refractivity contribution in [2.75, 3.05) is 11.9 Å². The molecule has 1 aliphatic rings. The Balaban J connectivity index is 1.81. The first-order valence-electron chi connectivity index (χ1n) is 7.84. The average molecular weight is 351 g/mol. The van der Waals surface area contributed by atoms with Gasteiger partial charge >= 0.3 is 0 Å². The smallest absolute Gasteiger partial charge is 0.281 e. The number of aromatic nitrogens is 2. The molecule has 3 rings (SSSR count). The Hall–Kier alpha value is -1.96. The summed E-state index contributed by atoms with van der Waals surface area (Å²) in [4.78, 5) is 28.9. The van der Waals surface area contributed by atoms with Gasteiger partial charge in [-0.3, -0.25) is 14.0 Å². The highest BCUT2D eigenvalue weighted by Gasteiger charge is 2.25. The Morgan fingerprint density at radius 1 is 1.58 bits per heavy atom. The number of hydrogen-bond acceptors (Lipinski definition) is 5. The highest BCUT2D eigenvalue weighted by Crippen LogP contribution is 2.15. The van der Waals surface area contributed by atoms with Crippen LogP contribution in [0.25, 0.3) is 5.65 Å². The summed E-state index contributed by atoms with van der Waals surface area (Å²) in [5.41, 5.74) is 0.958. The Kier molecular flexibility index (Phi) is 4.84. The number of pyridine rings is 1. The fraction of sp³-hybridized carbons (Fsp3) is 0.438. The van der Waals surface area contributed by atoms with E-state index >= 15 is 0 Å². The molecule has 2 atom stereocenters. The van der Waals surface area contributed by atoms with E-state index in [0.29, 0.717) is 17.1 Å². The number of hydrogen-bond donors (Lipinski definition) is 3. The second-order valence-electron chi connectivity index (χ2n) is 6.03. The van der Waals surface area contributed by atoms with Crippen molar-refractivity contribution in [2.45, 2.75) is 38.3 Å². The molecule has 1 fully saturated rings.